The first-order valence-corrected chi connectivity index (χ1v) is 9.13. The van der Waals surface area contributed by atoms with Crippen LogP contribution in [0.15, 0.2) is 54.7 Å². The van der Waals surface area contributed by atoms with Crippen LogP contribution < -0.4 is 5.32 Å². The molecule has 2 N–H and O–H groups in total. The lowest BCUT2D eigenvalue weighted by atomic mass is 10.0. The molecule has 1 heterocycles. The van der Waals surface area contributed by atoms with Gasteiger partial charge in [-0.15, -0.1) is 0 Å². The number of carbonyl (C=O) groups excluding carboxylic acids is 2. The average molecular weight is 364 g/mol. The second-order valence-electron chi connectivity index (χ2n) is 6.82. The number of amides is 1. The number of rotatable bonds is 7. The lowest BCUT2D eigenvalue weighted by Gasteiger charge is -2.08. The van der Waals surface area contributed by atoms with Gasteiger partial charge >= 0.3 is 5.97 Å². The molecule has 3 rings (SSSR count). The predicted octanol–water partition coefficient (Wildman–Crippen LogP) is 3.81. The first-order chi connectivity index (χ1) is 13.0. The molecule has 1 aromatic heterocycles. The van der Waals surface area contributed by atoms with Gasteiger partial charge in [0.2, 0.25) is 0 Å². The Morgan fingerprint density at radius 3 is 2.56 bits per heavy atom. The number of carbonyl (C=O) groups is 2. The number of aromatic amines is 1. The Kier molecular flexibility index (Phi) is 5.91. The Morgan fingerprint density at radius 2 is 1.81 bits per heavy atom. The van der Waals surface area contributed by atoms with Crippen molar-refractivity contribution in [3.05, 3.63) is 71.4 Å². The van der Waals surface area contributed by atoms with E-state index in [-0.39, 0.29) is 12.5 Å². The monoisotopic (exact) mass is 364 g/mol. The molecule has 0 unspecified atom stereocenters. The van der Waals surface area contributed by atoms with Crippen LogP contribution in [0.5, 0.6) is 0 Å². The molecule has 0 fully saturated rings. The Bertz CT molecular complexity index is 926. The molecule has 0 aliphatic heterocycles. The number of benzene rings is 2. The highest BCUT2D eigenvalue weighted by atomic mass is 16.5. The van der Waals surface area contributed by atoms with Crippen LogP contribution in [0.3, 0.4) is 0 Å². The molecule has 0 aliphatic rings. The molecular formula is C22H24N2O3. The van der Waals surface area contributed by atoms with Crippen molar-refractivity contribution in [3.8, 4) is 0 Å². The van der Waals surface area contributed by atoms with Crippen molar-refractivity contribution in [2.75, 3.05) is 13.2 Å². The quantitative estimate of drug-likeness (QED) is 0.626. The smallest absolute Gasteiger partial charge is 0.340 e. The van der Waals surface area contributed by atoms with E-state index >= 15 is 0 Å². The maximum atomic E-state index is 12.2. The van der Waals surface area contributed by atoms with Gasteiger partial charge in [0.25, 0.3) is 5.91 Å². The second-order valence-corrected chi connectivity index (χ2v) is 6.82. The van der Waals surface area contributed by atoms with Crippen molar-refractivity contribution in [1.29, 1.82) is 0 Å². The molecule has 2 aromatic carbocycles. The van der Waals surface area contributed by atoms with Gasteiger partial charge in [0.05, 0.1) is 5.56 Å². The average Bonchev–Trinajstić information content (AvgIpc) is 3.11. The summed E-state index contributed by atoms with van der Waals surface area (Å²) >= 11 is 0. The lowest BCUT2D eigenvalue weighted by Crippen LogP contribution is -2.30. The number of esters is 1. The van der Waals surface area contributed by atoms with Gasteiger partial charge in [-0.3, -0.25) is 4.79 Å². The molecule has 140 valence electrons. The number of fused-ring (bicyclic) bond motifs is 1. The summed E-state index contributed by atoms with van der Waals surface area (Å²) in [6.45, 7) is 4.54. The maximum absolute atomic E-state index is 12.2. The second kappa shape index (κ2) is 8.54. The predicted molar refractivity (Wildman–Crippen MR) is 106 cm³/mol. The van der Waals surface area contributed by atoms with Crippen LogP contribution >= 0.6 is 0 Å². The fraction of sp³-hybridized carbons (Fsp3) is 0.273. The molecule has 0 saturated heterocycles. The number of aromatic nitrogens is 1. The number of para-hydroxylation sites is 1. The summed E-state index contributed by atoms with van der Waals surface area (Å²) in [7, 11) is 0. The van der Waals surface area contributed by atoms with Gasteiger partial charge < -0.3 is 15.0 Å². The van der Waals surface area contributed by atoms with Gasteiger partial charge in [-0.2, -0.15) is 0 Å². The summed E-state index contributed by atoms with van der Waals surface area (Å²) in [5.74, 6) is -0.306. The Balaban J connectivity index is 1.43. The van der Waals surface area contributed by atoms with Crippen molar-refractivity contribution in [1.82, 2.24) is 10.3 Å². The van der Waals surface area contributed by atoms with E-state index in [1.165, 1.54) is 5.56 Å². The number of ether oxygens (including phenoxy) is 1. The van der Waals surface area contributed by atoms with E-state index in [1.54, 1.807) is 6.20 Å². The van der Waals surface area contributed by atoms with Crippen molar-refractivity contribution in [2.45, 2.75) is 26.2 Å². The van der Waals surface area contributed by atoms with E-state index in [0.29, 0.717) is 18.0 Å². The maximum Gasteiger partial charge on any atom is 0.340 e. The molecular weight excluding hydrogens is 340 g/mol. The summed E-state index contributed by atoms with van der Waals surface area (Å²) in [6.07, 6.45) is 2.34. The number of hydrogen-bond acceptors (Lipinski definition) is 3. The normalized spacial score (nSPS) is 10.9. The minimum atomic E-state index is -0.508. The Hall–Kier alpha value is -3.08. The van der Waals surface area contributed by atoms with Crippen LogP contribution in [0.1, 0.15) is 41.3 Å². The van der Waals surface area contributed by atoms with Gasteiger partial charge in [-0.25, -0.2) is 4.79 Å². The van der Waals surface area contributed by atoms with Gasteiger partial charge in [0.15, 0.2) is 6.61 Å². The van der Waals surface area contributed by atoms with E-state index < -0.39 is 5.97 Å². The van der Waals surface area contributed by atoms with Crippen LogP contribution in [-0.4, -0.2) is 30.0 Å². The van der Waals surface area contributed by atoms with E-state index in [1.807, 2.05) is 24.3 Å². The summed E-state index contributed by atoms with van der Waals surface area (Å²) in [5, 5.41) is 3.57. The fourth-order valence-corrected chi connectivity index (χ4v) is 2.92. The van der Waals surface area contributed by atoms with Crippen LogP contribution in [0.25, 0.3) is 10.9 Å². The molecule has 5 heteroatoms. The molecule has 0 spiro atoms. The highest BCUT2D eigenvalue weighted by molar-refractivity contribution is 6.04. The fourth-order valence-electron chi connectivity index (χ4n) is 2.92. The molecule has 27 heavy (non-hydrogen) atoms. The third-order valence-electron chi connectivity index (χ3n) is 4.53. The molecule has 0 saturated carbocycles. The lowest BCUT2D eigenvalue weighted by molar-refractivity contribution is -0.124. The topological polar surface area (TPSA) is 71.2 Å². The summed E-state index contributed by atoms with van der Waals surface area (Å²) in [6, 6.07) is 15.9. The molecule has 1 amide bonds. The highest BCUT2D eigenvalue weighted by Gasteiger charge is 2.14. The molecule has 3 aromatic rings. The van der Waals surface area contributed by atoms with E-state index in [0.717, 1.165) is 22.9 Å². The number of nitrogens with one attached hydrogen (secondary N) is 2. The van der Waals surface area contributed by atoms with Crippen LogP contribution in [-0.2, 0) is 16.0 Å². The van der Waals surface area contributed by atoms with Gasteiger partial charge in [-0.1, -0.05) is 56.3 Å². The van der Waals surface area contributed by atoms with E-state index in [2.05, 4.69) is 48.4 Å². The SMILES string of the molecule is CC(C)c1ccc(CCNC(=O)COC(=O)c2c[nH]c3ccccc23)cc1. The van der Waals surface area contributed by atoms with Crippen molar-refractivity contribution in [3.63, 3.8) is 0 Å². The van der Waals surface area contributed by atoms with Crippen molar-refractivity contribution in [2.24, 2.45) is 0 Å². The zero-order chi connectivity index (χ0) is 19.2. The largest absolute Gasteiger partial charge is 0.452 e. The zero-order valence-electron chi connectivity index (χ0n) is 15.6. The van der Waals surface area contributed by atoms with Gasteiger partial charge in [0.1, 0.15) is 0 Å². The first-order valence-electron chi connectivity index (χ1n) is 9.13. The zero-order valence-corrected chi connectivity index (χ0v) is 15.6. The summed E-state index contributed by atoms with van der Waals surface area (Å²) < 4.78 is 5.13. The number of hydrogen-bond donors (Lipinski definition) is 2. The summed E-state index contributed by atoms with van der Waals surface area (Å²) in [5.41, 5.74) is 3.75. The minimum Gasteiger partial charge on any atom is -0.452 e. The summed E-state index contributed by atoms with van der Waals surface area (Å²) in [4.78, 5) is 27.1. The third-order valence-corrected chi connectivity index (χ3v) is 4.53. The third kappa shape index (κ3) is 4.76. The molecule has 0 bridgehead atoms. The number of H-pyrrole nitrogens is 1. The van der Waals surface area contributed by atoms with Crippen molar-refractivity contribution >= 4 is 22.8 Å². The van der Waals surface area contributed by atoms with Crippen LogP contribution in [0, 0.1) is 0 Å². The van der Waals surface area contributed by atoms with Crippen LogP contribution in [0.2, 0.25) is 0 Å². The molecule has 0 aliphatic carbocycles. The standard InChI is InChI=1S/C22H24N2O3/c1-15(2)17-9-7-16(8-10-17)11-12-23-21(25)14-27-22(26)19-13-24-20-6-4-3-5-18(19)20/h3-10,13,15,24H,11-12,14H2,1-2H3,(H,23,25). The van der Waals surface area contributed by atoms with Crippen LogP contribution in [0.4, 0.5) is 0 Å². The highest BCUT2D eigenvalue weighted by Crippen LogP contribution is 2.18. The Morgan fingerprint density at radius 1 is 1.07 bits per heavy atom. The molecule has 0 radical (unpaired) electrons. The van der Waals surface area contributed by atoms with Crippen molar-refractivity contribution < 1.29 is 14.3 Å². The van der Waals surface area contributed by atoms with Gasteiger partial charge in [0, 0.05) is 23.6 Å². The molecule has 0 atom stereocenters. The molecule has 5 nitrogen and oxygen atoms in total. The first kappa shape index (κ1) is 18.7. The van der Waals surface area contributed by atoms with Gasteiger partial charge in [-0.05, 0) is 29.5 Å². The Labute approximate surface area is 158 Å². The minimum absolute atomic E-state index is 0.287. The van der Waals surface area contributed by atoms with E-state index in [9.17, 15) is 9.59 Å². The van der Waals surface area contributed by atoms with E-state index in [4.69, 9.17) is 4.74 Å².